The largest absolute Gasteiger partial charge is 0.394 e. The molecule has 12 aliphatic heterocycles. The Morgan fingerprint density at radius 3 is 0.809 bits per heavy atom. The van der Waals surface area contributed by atoms with Gasteiger partial charge in [-0.2, -0.15) is 0 Å². The third-order valence-electron chi connectivity index (χ3n) is 25.8. The Morgan fingerprint density at radius 1 is 0.206 bits per heavy atom. The number of hydrogen-bond acceptors (Lipinski definition) is 58. The summed E-state index contributed by atoms with van der Waals surface area (Å²) in [4.78, 5) is 26.1. The van der Waals surface area contributed by atoms with E-state index < -0.39 is 440 Å². The summed E-state index contributed by atoms with van der Waals surface area (Å²) in [6, 6.07) is -3.88. The monoisotopic (exact) mass is 2000 g/mol. The third-order valence-corrected chi connectivity index (χ3v) is 25.8. The minimum atomic E-state index is -2.52. The van der Waals surface area contributed by atoms with Crippen LogP contribution in [0.3, 0.4) is 0 Å². The smallest absolute Gasteiger partial charge is 0.217 e. The van der Waals surface area contributed by atoms with Gasteiger partial charge in [-0.25, -0.2) is 0 Å². The molecule has 2 amide bonds. The van der Waals surface area contributed by atoms with Crippen molar-refractivity contribution in [3.63, 3.8) is 0 Å². The second-order valence-corrected chi connectivity index (χ2v) is 35.1. The SMILES string of the molecule is CC(=O)N[C@H]1[C@H](OC[C@H]2OC(O)[C@H](NC(C)=O)[C@@H](O[C@@H]3O[C@H](CO)[C@H](O)[C@H](O[C@@H]4O[C@H](CO)[C@H](O[C@H]5O[C@H](CO)[C@H](O)[C@H](O[C@H]6O[C@H](CO)[C@H](O)[C@H](O)[C@H]6O[C@@H]6O[C@@H](C)[C@@H](O)[C@@H](O)[C@@H]6O)[C@H]5O)[C@H](O)[C@H]4O)[C@H]3O[C@@H]3O[C@@H](C)[C@@H](O)[C@@H](O)[C@@H]3O)[C@H]2O)O[C@H](CO)[C@@H](O[C@@H]2O[C@H](CO)[C@H](O[C@H]3O[C@H](CO)[C@H](O)[C@H](O[C@H]4O[C@H](CO)[C@H](O)[C@H](O)[C@H]4O[C@@H]4O[C@@H](C)[C@@H](O)[C@@H](O)[C@@H]4O)[C@H]3O)[C@H](O)[C@H]2O)[C@@H]1O. The Kier molecular flexibility index (Phi) is 39.3. The lowest BCUT2D eigenvalue weighted by atomic mass is 9.94. The van der Waals surface area contributed by atoms with Crippen molar-refractivity contribution in [3.05, 3.63) is 0 Å². The summed E-state index contributed by atoms with van der Waals surface area (Å²) in [6.45, 7) is -4.61. The van der Waals surface area contributed by atoms with Crippen LogP contribution in [0.15, 0.2) is 0 Å². The highest BCUT2D eigenvalue weighted by molar-refractivity contribution is 5.73. The highest BCUT2D eigenvalue weighted by Crippen LogP contribution is 2.43. The van der Waals surface area contributed by atoms with E-state index in [1.807, 2.05) is 0 Å². The summed E-state index contributed by atoms with van der Waals surface area (Å²) in [7, 11) is 0. The minimum absolute atomic E-state index is 0.921. The maximum Gasteiger partial charge on any atom is 0.217 e. The molecule has 60 heteroatoms. The van der Waals surface area contributed by atoms with E-state index in [0.29, 0.717) is 0 Å². The van der Waals surface area contributed by atoms with E-state index in [-0.39, 0.29) is 0 Å². The first-order valence-corrected chi connectivity index (χ1v) is 43.8. The van der Waals surface area contributed by atoms with Crippen molar-refractivity contribution in [2.75, 3.05) is 59.5 Å². The van der Waals surface area contributed by atoms with E-state index in [9.17, 15) is 178 Å². The van der Waals surface area contributed by atoms with Crippen LogP contribution in [-0.4, -0.2) is 608 Å². The molecule has 0 saturated carbocycles. The molecule has 0 aromatic carbocycles. The number of rotatable bonds is 33. The van der Waals surface area contributed by atoms with E-state index in [2.05, 4.69) is 10.6 Å². The zero-order chi connectivity index (χ0) is 99.8. The first-order chi connectivity index (χ1) is 64.3. The van der Waals surface area contributed by atoms with Crippen molar-refractivity contribution in [1.82, 2.24) is 10.6 Å². The van der Waals surface area contributed by atoms with E-state index in [1.54, 1.807) is 0 Å². The topological polar surface area (TPSA) is 938 Å². The average Bonchev–Trinajstić information content (AvgIpc) is 0.764. The van der Waals surface area contributed by atoms with Crippen LogP contribution in [0.5, 0.6) is 0 Å². The Labute approximate surface area is 769 Å². The molecule has 35 N–H and O–H groups in total. The van der Waals surface area contributed by atoms with Crippen molar-refractivity contribution in [1.29, 1.82) is 0 Å². The molecule has 1 unspecified atom stereocenters. The summed E-state index contributed by atoms with van der Waals surface area (Å²) in [5, 5.41) is 373. The molecule has 0 radical (unpaired) electrons. The Hall–Kier alpha value is -3.30. The second kappa shape index (κ2) is 47.9. The number of ether oxygens (including phenoxy) is 23. The molecular formula is C76H128N2O58. The molecule has 0 aromatic heterocycles. The molecule has 0 spiro atoms. The Morgan fingerprint density at radius 2 is 0.449 bits per heavy atom. The zero-order valence-corrected chi connectivity index (χ0v) is 73.0. The molecule has 60 atom stereocenters. The number of amides is 2. The third kappa shape index (κ3) is 23.5. The van der Waals surface area contributed by atoms with Crippen LogP contribution in [0.2, 0.25) is 0 Å². The first kappa shape index (κ1) is 111. The highest BCUT2D eigenvalue weighted by atomic mass is 16.8. The second-order valence-electron chi connectivity index (χ2n) is 35.1. The van der Waals surface area contributed by atoms with Crippen LogP contribution in [-0.2, 0) is 119 Å². The molecule has 0 bridgehead atoms. The molecule has 12 saturated heterocycles. The maximum absolute atomic E-state index is 13.1. The van der Waals surface area contributed by atoms with Gasteiger partial charge in [-0.15, -0.1) is 0 Å². The summed E-state index contributed by atoms with van der Waals surface area (Å²) in [6.07, 6.45) is -119. The van der Waals surface area contributed by atoms with E-state index in [1.165, 1.54) is 20.8 Å². The Balaban J connectivity index is 0.739. The molecule has 136 heavy (non-hydrogen) atoms. The van der Waals surface area contributed by atoms with Crippen LogP contribution in [0, 0.1) is 0 Å². The van der Waals surface area contributed by atoms with Gasteiger partial charge in [0.25, 0.3) is 0 Å². The fourth-order valence-corrected chi connectivity index (χ4v) is 17.9. The van der Waals surface area contributed by atoms with Crippen LogP contribution in [0.25, 0.3) is 0 Å². The van der Waals surface area contributed by atoms with Gasteiger partial charge in [0, 0.05) is 13.8 Å². The molecule has 12 aliphatic rings. The predicted molar refractivity (Wildman–Crippen MR) is 414 cm³/mol. The molecule has 12 rings (SSSR count). The van der Waals surface area contributed by atoms with E-state index in [4.69, 9.17) is 109 Å². The highest BCUT2D eigenvalue weighted by Gasteiger charge is 2.64. The lowest BCUT2D eigenvalue weighted by Crippen LogP contribution is -2.70. The normalized spacial score (nSPS) is 52.8. The van der Waals surface area contributed by atoms with Crippen LogP contribution >= 0.6 is 0 Å². The molecule has 60 nitrogen and oxygen atoms in total. The van der Waals surface area contributed by atoms with Gasteiger partial charge in [0.1, 0.15) is 275 Å². The number of carbonyl (C=O) groups is 2. The summed E-state index contributed by atoms with van der Waals surface area (Å²) in [5.74, 6) is -1.92. The first-order valence-electron chi connectivity index (χ1n) is 43.8. The van der Waals surface area contributed by atoms with Gasteiger partial charge in [-0.1, -0.05) is 0 Å². The molecule has 12 heterocycles. The molecular weight excluding hydrogens is 1870 g/mol. The van der Waals surface area contributed by atoms with Gasteiger partial charge in [0.05, 0.1) is 77.8 Å². The van der Waals surface area contributed by atoms with Crippen molar-refractivity contribution >= 4 is 11.8 Å². The van der Waals surface area contributed by atoms with Gasteiger partial charge in [0.2, 0.25) is 11.8 Å². The van der Waals surface area contributed by atoms with Gasteiger partial charge in [0.15, 0.2) is 75.5 Å². The lowest BCUT2D eigenvalue weighted by Gasteiger charge is -2.51. The van der Waals surface area contributed by atoms with Gasteiger partial charge in [-0.05, 0) is 20.8 Å². The summed E-state index contributed by atoms with van der Waals surface area (Å²) >= 11 is 0. The van der Waals surface area contributed by atoms with E-state index in [0.717, 1.165) is 13.8 Å². The summed E-state index contributed by atoms with van der Waals surface area (Å²) < 4.78 is 135. The number of hydrogen-bond donors (Lipinski definition) is 35. The van der Waals surface area contributed by atoms with Crippen molar-refractivity contribution < 1.29 is 287 Å². The molecule has 0 aliphatic carbocycles. The fraction of sp³-hybridized carbons (Fsp3) is 0.974. The zero-order valence-electron chi connectivity index (χ0n) is 73.0. The molecule has 12 fully saturated rings. The lowest BCUT2D eigenvalue weighted by molar-refractivity contribution is -0.409. The summed E-state index contributed by atoms with van der Waals surface area (Å²) in [5.41, 5.74) is 0. The van der Waals surface area contributed by atoms with Gasteiger partial charge in [-0.3, -0.25) is 9.59 Å². The number of nitrogens with one attached hydrogen (secondary N) is 2. The number of carbonyl (C=O) groups excluding carboxylic acids is 2. The standard InChI is InChI=1S/C76H128N2O58/c1-15-31(89)41(99)48(106)67(115-15)134-62-44(102)34(92)20(6-79)121-74(62)131-59-36(94)22(8-81)119-72(53(59)111)128-56-26(12-85)125-70(51(109)46(56)104)127-55-25(11-84)124-66(29(40(55)98)77-18(4)87)114-14-28-39(97)58(30(65(113)118-28)78-19(5)88)130-76-64(136-69-50(108)43(101)33(91)17(3)117-69)61(38(96)24(10-83)123-76)133-71-52(110)47(105)57(27(13-86)126-71)129-73-54(112)60(37(95)23(9-82)120-73)132-75-63(45(103)35(93)21(7-80)122-75)135-68-49(107)42(100)32(90)16(2)116-68/h15-17,20-76,79-86,89-113H,6-14H2,1-5H3,(H,77,87)(H,78,88)/t15-,16-,17-,20+,21+,22+,23+,24+,25+,26+,27+,28+,29+,30+,31+,32+,33+,34-,35-,36-,37-,38-,39-,40+,41+,42+,43+,44-,45-,46+,47+,48-,49-,50-,51+,52+,53+,54+,55+,56-,57-,58+,59-,60-,61-,62+,63+,64+,65?,66+,67-,68-,69-,70-,71-,72+,73+,74+,75+,76-/m0/s1. The fourth-order valence-electron chi connectivity index (χ4n) is 17.9. The number of aliphatic hydroxyl groups excluding tert-OH is 33. The Bertz CT molecular complexity index is 3670. The van der Waals surface area contributed by atoms with Crippen molar-refractivity contribution in [3.8, 4) is 0 Å². The quantitative estimate of drug-likeness (QED) is 0.0290. The average molecular weight is 2000 g/mol. The molecule has 790 valence electrons. The maximum atomic E-state index is 13.1. The van der Waals surface area contributed by atoms with Crippen LogP contribution < -0.4 is 10.6 Å². The predicted octanol–water partition coefficient (Wildman–Crippen LogP) is -23.8. The van der Waals surface area contributed by atoms with Crippen LogP contribution in [0.1, 0.15) is 34.6 Å². The van der Waals surface area contributed by atoms with Crippen LogP contribution in [0.4, 0.5) is 0 Å². The van der Waals surface area contributed by atoms with Gasteiger partial charge < -0.3 is 288 Å². The van der Waals surface area contributed by atoms with E-state index >= 15 is 0 Å². The number of aliphatic hydroxyl groups is 33. The van der Waals surface area contributed by atoms with Crippen molar-refractivity contribution in [2.45, 2.75) is 403 Å². The minimum Gasteiger partial charge on any atom is -0.394 e. The van der Waals surface area contributed by atoms with Gasteiger partial charge >= 0.3 is 0 Å². The molecule has 0 aromatic rings. The van der Waals surface area contributed by atoms with Crippen molar-refractivity contribution in [2.24, 2.45) is 0 Å².